The predicted octanol–water partition coefficient (Wildman–Crippen LogP) is 3.44. The monoisotopic (exact) mass is 473 g/mol. The van der Waals surface area contributed by atoms with Gasteiger partial charge < -0.3 is 15.0 Å². The van der Waals surface area contributed by atoms with Gasteiger partial charge >= 0.3 is 0 Å². The molecular weight excluding hydrogens is 438 g/mol. The minimum atomic E-state index is -3.92. The molecule has 0 spiro atoms. The van der Waals surface area contributed by atoms with Crippen molar-refractivity contribution in [2.24, 2.45) is 5.92 Å². The highest BCUT2D eigenvalue weighted by Crippen LogP contribution is 2.26. The maximum atomic E-state index is 13.4. The predicted molar refractivity (Wildman–Crippen MR) is 131 cm³/mol. The van der Waals surface area contributed by atoms with Gasteiger partial charge in [-0.1, -0.05) is 24.6 Å². The molecule has 2 aromatic carbocycles. The number of rotatable bonds is 10. The van der Waals surface area contributed by atoms with Crippen molar-refractivity contribution in [3.8, 4) is 5.75 Å². The van der Waals surface area contributed by atoms with Gasteiger partial charge in [0.1, 0.15) is 12.3 Å². The Kier molecular flexibility index (Phi) is 8.74. The number of nitrogens with zero attached hydrogens (tertiary/aromatic N) is 2. The van der Waals surface area contributed by atoms with Gasteiger partial charge in [0.25, 0.3) is 10.0 Å². The van der Waals surface area contributed by atoms with Gasteiger partial charge in [-0.15, -0.1) is 0 Å². The summed E-state index contributed by atoms with van der Waals surface area (Å²) in [6.45, 7) is 7.57. The Morgan fingerprint density at radius 3 is 2.33 bits per heavy atom. The summed E-state index contributed by atoms with van der Waals surface area (Å²) >= 11 is 0. The summed E-state index contributed by atoms with van der Waals surface area (Å²) in [4.78, 5) is 15.3. The number of carbonyl (C=O) groups excluding carboxylic acids is 1. The van der Waals surface area contributed by atoms with E-state index in [0.29, 0.717) is 18.0 Å². The molecular formula is C25H35N3O4S. The molecule has 1 aliphatic rings. The van der Waals surface area contributed by atoms with Crippen molar-refractivity contribution >= 4 is 21.6 Å². The Balaban J connectivity index is 1.66. The molecule has 0 aromatic heterocycles. The number of hydrogen-bond acceptors (Lipinski definition) is 5. The Morgan fingerprint density at radius 2 is 1.73 bits per heavy atom. The van der Waals surface area contributed by atoms with E-state index in [1.807, 2.05) is 6.92 Å². The lowest BCUT2D eigenvalue weighted by molar-refractivity contribution is -0.119. The third-order valence-electron chi connectivity index (χ3n) is 6.11. The number of nitrogens with one attached hydrogen (secondary N) is 1. The third-order valence-corrected chi connectivity index (χ3v) is 7.89. The maximum Gasteiger partial charge on any atom is 0.264 e. The molecule has 1 aliphatic heterocycles. The van der Waals surface area contributed by atoms with Crippen LogP contribution in [0, 0.1) is 12.8 Å². The van der Waals surface area contributed by atoms with Gasteiger partial charge in [0, 0.05) is 6.54 Å². The van der Waals surface area contributed by atoms with Crippen LogP contribution in [-0.4, -0.2) is 59.1 Å². The SMILES string of the molecule is COc1ccc(N(CC(=O)NCCCN2CCC(C)CC2)S(=O)(=O)c2ccc(C)cc2)cc1. The lowest BCUT2D eigenvalue weighted by Crippen LogP contribution is -2.41. The summed E-state index contributed by atoms with van der Waals surface area (Å²) in [7, 11) is -2.37. The van der Waals surface area contributed by atoms with E-state index in [1.54, 1.807) is 55.6 Å². The lowest BCUT2D eigenvalue weighted by Gasteiger charge is -2.30. The fourth-order valence-corrected chi connectivity index (χ4v) is 5.32. The van der Waals surface area contributed by atoms with Crippen LogP contribution in [0.2, 0.25) is 0 Å². The minimum Gasteiger partial charge on any atom is -0.497 e. The van der Waals surface area contributed by atoms with Crippen LogP contribution in [0.3, 0.4) is 0 Å². The van der Waals surface area contributed by atoms with Crippen LogP contribution in [-0.2, 0) is 14.8 Å². The molecule has 1 N–H and O–H groups in total. The zero-order chi connectivity index (χ0) is 23.8. The second-order valence-corrected chi connectivity index (χ2v) is 10.6. The molecule has 0 atom stereocenters. The first-order valence-electron chi connectivity index (χ1n) is 11.5. The second-order valence-electron chi connectivity index (χ2n) is 8.75. The highest BCUT2D eigenvalue weighted by Gasteiger charge is 2.27. The first kappa shape index (κ1) is 25.1. The minimum absolute atomic E-state index is 0.149. The molecule has 33 heavy (non-hydrogen) atoms. The van der Waals surface area contributed by atoms with Crippen LogP contribution < -0.4 is 14.4 Å². The van der Waals surface area contributed by atoms with Gasteiger partial charge in [-0.2, -0.15) is 0 Å². The van der Waals surface area contributed by atoms with E-state index in [4.69, 9.17) is 4.74 Å². The second kappa shape index (κ2) is 11.5. The van der Waals surface area contributed by atoms with Gasteiger partial charge in [0.15, 0.2) is 0 Å². The summed E-state index contributed by atoms with van der Waals surface area (Å²) < 4.78 is 33.1. The van der Waals surface area contributed by atoms with Crippen molar-refractivity contribution in [1.29, 1.82) is 0 Å². The normalized spacial score (nSPS) is 15.2. The summed E-state index contributed by atoms with van der Waals surface area (Å²) in [6, 6.07) is 13.3. The van der Waals surface area contributed by atoms with E-state index in [2.05, 4.69) is 17.1 Å². The van der Waals surface area contributed by atoms with Crippen LogP contribution in [0.1, 0.15) is 31.7 Å². The van der Waals surface area contributed by atoms with Crippen molar-refractivity contribution in [3.63, 3.8) is 0 Å². The van der Waals surface area contributed by atoms with E-state index in [1.165, 1.54) is 12.8 Å². The Bertz CT molecular complexity index is 999. The Morgan fingerprint density at radius 1 is 1.09 bits per heavy atom. The largest absolute Gasteiger partial charge is 0.497 e. The van der Waals surface area contributed by atoms with Crippen molar-refractivity contribution in [3.05, 3.63) is 54.1 Å². The van der Waals surface area contributed by atoms with Gasteiger partial charge in [0.2, 0.25) is 5.91 Å². The number of piperidine rings is 1. The fourth-order valence-electron chi connectivity index (χ4n) is 3.90. The number of anilines is 1. The summed E-state index contributed by atoms with van der Waals surface area (Å²) in [6.07, 6.45) is 3.29. The van der Waals surface area contributed by atoms with E-state index in [0.717, 1.165) is 41.8 Å². The standard InChI is InChI=1S/C25H35N3O4S/c1-20-5-11-24(12-6-20)33(30,31)28(22-7-9-23(32-3)10-8-22)19-25(29)26-15-4-16-27-17-13-21(2)14-18-27/h5-12,21H,4,13-19H2,1-3H3,(H,26,29). The molecule has 0 saturated carbocycles. The van der Waals surface area contributed by atoms with Crippen molar-refractivity contribution in [2.75, 3.05) is 44.1 Å². The fraction of sp³-hybridized carbons (Fsp3) is 0.480. The molecule has 0 unspecified atom stereocenters. The number of carbonyl (C=O) groups is 1. The molecule has 1 amide bonds. The average Bonchev–Trinajstić information content (AvgIpc) is 2.82. The van der Waals surface area contributed by atoms with Gasteiger partial charge in [-0.25, -0.2) is 8.42 Å². The first-order valence-corrected chi connectivity index (χ1v) is 13.0. The van der Waals surface area contributed by atoms with Crippen LogP contribution in [0.15, 0.2) is 53.4 Å². The van der Waals surface area contributed by atoms with E-state index in [9.17, 15) is 13.2 Å². The van der Waals surface area contributed by atoms with Gasteiger partial charge in [-0.3, -0.25) is 9.10 Å². The Labute approximate surface area is 197 Å². The van der Waals surface area contributed by atoms with Crippen LogP contribution in [0.5, 0.6) is 5.75 Å². The van der Waals surface area contributed by atoms with Gasteiger partial charge in [0.05, 0.1) is 17.7 Å². The number of hydrogen-bond donors (Lipinski definition) is 1. The summed E-state index contributed by atoms with van der Waals surface area (Å²) in [5.41, 5.74) is 1.37. The van der Waals surface area contributed by atoms with Crippen molar-refractivity contribution in [2.45, 2.75) is 38.0 Å². The molecule has 3 rings (SSSR count). The number of benzene rings is 2. The molecule has 0 radical (unpaired) electrons. The van der Waals surface area contributed by atoms with E-state index >= 15 is 0 Å². The van der Waals surface area contributed by atoms with Gasteiger partial charge in [-0.05, 0) is 88.1 Å². The quantitative estimate of drug-likeness (QED) is 0.535. The zero-order valence-electron chi connectivity index (χ0n) is 19.8. The molecule has 1 fully saturated rings. The number of amides is 1. The van der Waals surface area contributed by atoms with E-state index < -0.39 is 10.0 Å². The molecule has 1 heterocycles. The van der Waals surface area contributed by atoms with Crippen LogP contribution in [0.4, 0.5) is 5.69 Å². The lowest BCUT2D eigenvalue weighted by atomic mass is 9.99. The molecule has 8 heteroatoms. The summed E-state index contributed by atoms with van der Waals surface area (Å²) in [5.74, 6) is 1.08. The molecule has 0 aliphatic carbocycles. The smallest absolute Gasteiger partial charge is 0.264 e. The van der Waals surface area contributed by atoms with Crippen molar-refractivity contribution in [1.82, 2.24) is 10.2 Å². The topological polar surface area (TPSA) is 79.0 Å². The maximum absolute atomic E-state index is 13.4. The number of sulfonamides is 1. The Hall–Kier alpha value is -2.58. The molecule has 1 saturated heterocycles. The van der Waals surface area contributed by atoms with Crippen molar-refractivity contribution < 1.29 is 17.9 Å². The molecule has 7 nitrogen and oxygen atoms in total. The average molecular weight is 474 g/mol. The highest BCUT2D eigenvalue weighted by atomic mass is 32.2. The number of ether oxygens (including phenoxy) is 1. The van der Waals surface area contributed by atoms with Crippen LogP contribution in [0.25, 0.3) is 0 Å². The molecule has 180 valence electrons. The zero-order valence-corrected chi connectivity index (χ0v) is 20.6. The molecule has 2 aromatic rings. The number of aryl methyl sites for hydroxylation is 1. The van der Waals surface area contributed by atoms with Crippen LogP contribution >= 0.6 is 0 Å². The van der Waals surface area contributed by atoms with E-state index in [-0.39, 0.29) is 17.3 Å². The summed E-state index contributed by atoms with van der Waals surface area (Å²) in [5, 5.41) is 2.89. The first-order chi connectivity index (χ1) is 15.8. The highest BCUT2D eigenvalue weighted by molar-refractivity contribution is 7.92. The molecule has 0 bridgehead atoms. The third kappa shape index (κ3) is 6.95. The number of methoxy groups -OCH3 is 1. The number of likely N-dealkylation sites (tertiary alicyclic amines) is 1.